The first kappa shape index (κ1) is 27.5. The van der Waals surface area contributed by atoms with E-state index in [2.05, 4.69) is 25.3 Å². The summed E-state index contributed by atoms with van der Waals surface area (Å²) in [4.78, 5) is 19.4. The minimum absolute atomic E-state index is 0.000263. The first-order chi connectivity index (χ1) is 20.3. The van der Waals surface area contributed by atoms with Crippen molar-refractivity contribution < 1.29 is 45.5 Å². The quantitative estimate of drug-likeness (QED) is 0.283. The molecule has 16 heteroatoms. The number of amides is 1. The van der Waals surface area contributed by atoms with Gasteiger partial charge in [0.1, 0.15) is 11.8 Å². The molecule has 2 saturated carbocycles. The lowest BCUT2D eigenvalue weighted by atomic mass is 9.55. The maximum atomic E-state index is 13.4. The summed E-state index contributed by atoms with van der Waals surface area (Å²) in [5.41, 5.74) is -1.43. The molecule has 1 aromatic carbocycles. The SMILES string of the molecule is O=C(Nc1cc(-c2noc([C@H]3C[C@@H]3F)n2)ccc1OC(F)(F)F)c1cnn2ccc(N3CC4(C3)CC(O)(C(F)F)C4)cc12. The second-order valence-corrected chi connectivity index (χ2v) is 11.4. The van der Waals surface area contributed by atoms with Gasteiger partial charge < -0.3 is 24.6 Å². The van der Waals surface area contributed by atoms with Crippen molar-refractivity contribution in [1.82, 2.24) is 19.8 Å². The maximum Gasteiger partial charge on any atom is 0.573 e. The minimum atomic E-state index is -5.05. The van der Waals surface area contributed by atoms with Crippen LogP contribution in [-0.2, 0) is 0 Å². The fourth-order valence-electron chi connectivity index (χ4n) is 6.00. The van der Waals surface area contributed by atoms with Crippen LogP contribution in [0, 0.1) is 5.41 Å². The summed E-state index contributed by atoms with van der Waals surface area (Å²) in [5, 5.41) is 20.3. The Morgan fingerprint density at radius 1 is 1.19 bits per heavy atom. The van der Waals surface area contributed by atoms with Crippen LogP contribution in [0.2, 0.25) is 0 Å². The van der Waals surface area contributed by atoms with Gasteiger partial charge in [-0.05, 0) is 49.6 Å². The number of benzene rings is 1. The highest BCUT2D eigenvalue weighted by Crippen LogP contribution is 2.57. The molecule has 2 atom stereocenters. The van der Waals surface area contributed by atoms with Crippen molar-refractivity contribution in [2.24, 2.45) is 5.41 Å². The number of alkyl halides is 6. The van der Waals surface area contributed by atoms with Gasteiger partial charge in [-0.2, -0.15) is 10.1 Å². The molecule has 0 radical (unpaired) electrons. The molecule has 43 heavy (non-hydrogen) atoms. The summed E-state index contributed by atoms with van der Waals surface area (Å²) in [5.74, 6) is -1.93. The molecular formula is C27H22F6N6O4. The van der Waals surface area contributed by atoms with E-state index in [1.807, 2.05) is 4.90 Å². The summed E-state index contributed by atoms with van der Waals surface area (Å²) in [6.07, 6.45) is -5.87. The molecule has 3 aromatic heterocycles. The van der Waals surface area contributed by atoms with Crippen molar-refractivity contribution >= 4 is 22.8 Å². The van der Waals surface area contributed by atoms with Gasteiger partial charge in [0.25, 0.3) is 12.3 Å². The Balaban J connectivity index is 1.13. The van der Waals surface area contributed by atoms with Crippen molar-refractivity contribution in [3.8, 4) is 17.1 Å². The number of halogens is 6. The Kier molecular flexibility index (Phi) is 5.96. The zero-order chi connectivity index (χ0) is 30.3. The molecule has 1 spiro atoms. The van der Waals surface area contributed by atoms with E-state index in [1.54, 1.807) is 18.3 Å². The molecular weight excluding hydrogens is 586 g/mol. The Labute approximate surface area is 238 Å². The van der Waals surface area contributed by atoms with Gasteiger partial charge in [0.2, 0.25) is 11.7 Å². The monoisotopic (exact) mass is 608 g/mol. The van der Waals surface area contributed by atoms with Gasteiger partial charge in [-0.3, -0.25) is 4.79 Å². The molecule has 4 heterocycles. The van der Waals surface area contributed by atoms with E-state index < -0.39 is 47.6 Å². The standard InChI is InChI=1S/C27H22F6N6O4/c28-17-7-15(17)23-36-21(37-43-23)13-1-2-20(42-27(31,32)33)18(5-13)35-22(40)16-8-34-39-4-3-14(6-19(16)39)38-11-25(12-38)9-26(41,10-25)24(29)30/h1-6,8,15,17,24,41H,7,9-12H2,(H,35,40)/t15-,17-/m0/s1. The zero-order valence-electron chi connectivity index (χ0n) is 22.0. The number of pyridine rings is 1. The lowest BCUT2D eigenvalue weighted by molar-refractivity contribution is -0.274. The number of fused-ring (bicyclic) bond motifs is 1. The normalized spacial score (nSPS) is 22.0. The molecule has 2 aliphatic carbocycles. The summed E-state index contributed by atoms with van der Waals surface area (Å²) >= 11 is 0. The average molecular weight is 608 g/mol. The van der Waals surface area contributed by atoms with Crippen LogP contribution in [0.4, 0.5) is 37.7 Å². The number of aliphatic hydroxyl groups is 1. The molecule has 1 saturated heterocycles. The molecule has 7 rings (SSSR count). The van der Waals surface area contributed by atoms with Crippen LogP contribution in [-0.4, -0.2) is 68.4 Å². The predicted molar refractivity (Wildman–Crippen MR) is 137 cm³/mol. The fourth-order valence-corrected chi connectivity index (χ4v) is 6.00. The summed E-state index contributed by atoms with van der Waals surface area (Å²) in [6, 6.07) is 6.82. The van der Waals surface area contributed by atoms with Gasteiger partial charge in [-0.1, -0.05) is 5.16 Å². The third kappa shape index (κ3) is 4.92. The van der Waals surface area contributed by atoms with Gasteiger partial charge in [0, 0.05) is 36.0 Å². The van der Waals surface area contributed by atoms with Gasteiger partial charge in [0.15, 0.2) is 5.75 Å². The molecule has 3 aliphatic rings. The van der Waals surface area contributed by atoms with Crippen LogP contribution in [0.15, 0.2) is 47.2 Å². The fraction of sp³-hybridized carbons (Fsp3) is 0.407. The lowest BCUT2D eigenvalue weighted by Gasteiger charge is -2.62. The molecule has 3 fully saturated rings. The van der Waals surface area contributed by atoms with Crippen LogP contribution < -0.4 is 15.0 Å². The number of hydrogen-bond donors (Lipinski definition) is 2. The minimum Gasteiger partial charge on any atom is -0.404 e. The molecule has 4 aromatic rings. The average Bonchev–Trinajstić information content (AvgIpc) is 3.27. The first-order valence-corrected chi connectivity index (χ1v) is 13.2. The summed E-state index contributed by atoms with van der Waals surface area (Å²) < 4.78 is 89.6. The Morgan fingerprint density at radius 3 is 2.60 bits per heavy atom. The van der Waals surface area contributed by atoms with Crippen molar-refractivity contribution in [2.75, 3.05) is 23.3 Å². The lowest BCUT2D eigenvalue weighted by Crippen LogP contribution is -2.70. The van der Waals surface area contributed by atoms with Crippen molar-refractivity contribution in [2.45, 2.75) is 49.7 Å². The predicted octanol–water partition coefficient (Wildman–Crippen LogP) is 4.96. The van der Waals surface area contributed by atoms with E-state index in [9.17, 15) is 36.2 Å². The van der Waals surface area contributed by atoms with E-state index in [0.29, 0.717) is 24.3 Å². The number of anilines is 2. The van der Waals surface area contributed by atoms with E-state index in [4.69, 9.17) is 4.52 Å². The Morgan fingerprint density at radius 2 is 1.93 bits per heavy atom. The number of carbonyl (C=O) groups excluding carboxylic acids is 1. The van der Waals surface area contributed by atoms with Crippen molar-refractivity contribution in [3.05, 3.63) is 54.2 Å². The molecule has 10 nitrogen and oxygen atoms in total. The largest absolute Gasteiger partial charge is 0.573 e. The zero-order valence-corrected chi connectivity index (χ0v) is 22.0. The molecule has 1 amide bonds. The smallest absolute Gasteiger partial charge is 0.404 e. The van der Waals surface area contributed by atoms with E-state index in [0.717, 1.165) is 6.07 Å². The van der Waals surface area contributed by atoms with Crippen LogP contribution in [0.5, 0.6) is 5.75 Å². The molecule has 2 N–H and O–H groups in total. The summed E-state index contributed by atoms with van der Waals surface area (Å²) in [7, 11) is 0. The van der Waals surface area contributed by atoms with Crippen LogP contribution in [0.1, 0.15) is 41.4 Å². The topological polar surface area (TPSA) is 118 Å². The molecule has 0 bridgehead atoms. The Hall–Kier alpha value is -4.34. The number of rotatable bonds is 7. The van der Waals surface area contributed by atoms with E-state index in [-0.39, 0.29) is 47.8 Å². The number of nitrogens with one attached hydrogen (secondary N) is 1. The molecule has 1 aliphatic heterocycles. The second kappa shape index (κ2) is 9.33. The highest BCUT2D eigenvalue weighted by atomic mass is 19.4. The number of aromatic nitrogens is 4. The van der Waals surface area contributed by atoms with Crippen molar-refractivity contribution in [3.63, 3.8) is 0 Å². The van der Waals surface area contributed by atoms with Gasteiger partial charge in [-0.25, -0.2) is 17.7 Å². The van der Waals surface area contributed by atoms with E-state index >= 15 is 0 Å². The number of carbonyl (C=O) groups is 1. The van der Waals surface area contributed by atoms with Gasteiger partial charge >= 0.3 is 6.36 Å². The van der Waals surface area contributed by atoms with Crippen molar-refractivity contribution in [1.29, 1.82) is 0 Å². The first-order valence-electron chi connectivity index (χ1n) is 13.2. The Bertz CT molecular complexity index is 1720. The number of hydrogen-bond acceptors (Lipinski definition) is 8. The number of nitrogens with zero attached hydrogens (tertiary/aromatic N) is 5. The highest BCUT2D eigenvalue weighted by Gasteiger charge is 2.63. The third-order valence-corrected chi connectivity index (χ3v) is 8.12. The maximum absolute atomic E-state index is 13.4. The van der Waals surface area contributed by atoms with Crippen LogP contribution >= 0.6 is 0 Å². The third-order valence-electron chi connectivity index (χ3n) is 8.12. The number of ether oxygens (including phenoxy) is 1. The van der Waals surface area contributed by atoms with Crippen LogP contribution in [0.3, 0.4) is 0 Å². The highest BCUT2D eigenvalue weighted by molar-refractivity contribution is 6.09. The van der Waals surface area contributed by atoms with E-state index in [1.165, 1.54) is 22.8 Å². The van der Waals surface area contributed by atoms with Crippen LogP contribution in [0.25, 0.3) is 16.9 Å². The molecule has 0 unspecified atom stereocenters. The second-order valence-electron chi connectivity index (χ2n) is 11.4. The van der Waals surface area contributed by atoms with Gasteiger partial charge in [-0.15, -0.1) is 13.2 Å². The molecule has 226 valence electrons. The summed E-state index contributed by atoms with van der Waals surface area (Å²) in [6.45, 7) is 0.896. The van der Waals surface area contributed by atoms with Gasteiger partial charge in [0.05, 0.1) is 28.9 Å².